The maximum atomic E-state index is 8.60. The van der Waals surface area contributed by atoms with E-state index in [9.17, 15) is 0 Å². The number of aliphatic hydroxyl groups excluding tert-OH is 1. The first-order valence-corrected chi connectivity index (χ1v) is 6.17. The van der Waals surface area contributed by atoms with Gasteiger partial charge in [-0.3, -0.25) is 4.90 Å². The van der Waals surface area contributed by atoms with E-state index in [4.69, 9.17) is 21.4 Å². The van der Waals surface area contributed by atoms with Crippen LogP contribution in [0.2, 0.25) is 5.02 Å². The summed E-state index contributed by atoms with van der Waals surface area (Å²) in [4.78, 5) is 2.20. The number of aliphatic hydroxyl groups is 1. The molecule has 0 bridgehead atoms. The number of halogens is 1. The van der Waals surface area contributed by atoms with E-state index in [0.717, 1.165) is 11.6 Å². The van der Waals surface area contributed by atoms with Crippen molar-refractivity contribution < 1.29 is 9.84 Å². The second-order valence-corrected chi connectivity index (χ2v) is 4.48. The molecule has 3 nitrogen and oxygen atoms in total. The molecule has 1 unspecified atom stereocenters. The lowest BCUT2D eigenvalue weighted by atomic mass is 10.1. The zero-order chi connectivity index (χ0) is 12.7. The average molecular weight is 258 g/mol. The van der Waals surface area contributed by atoms with Gasteiger partial charge in [0.05, 0.1) is 19.8 Å². The van der Waals surface area contributed by atoms with Gasteiger partial charge in [0, 0.05) is 17.6 Å². The van der Waals surface area contributed by atoms with E-state index in [0.29, 0.717) is 19.3 Å². The van der Waals surface area contributed by atoms with Gasteiger partial charge in [-0.05, 0) is 31.7 Å². The molecular weight excluding hydrogens is 238 g/mol. The van der Waals surface area contributed by atoms with Gasteiger partial charge in [0.2, 0.25) is 0 Å². The molecule has 96 valence electrons. The molecule has 0 saturated heterocycles. The molecule has 1 aromatic carbocycles. The van der Waals surface area contributed by atoms with Crippen LogP contribution in [-0.4, -0.2) is 43.4 Å². The molecular formula is C13H20ClNO2. The van der Waals surface area contributed by atoms with Crippen LogP contribution in [0.5, 0.6) is 0 Å². The molecule has 1 N–H and O–H groups in total. The summed E-state index contributed by atoms with van der Waals surface area (Å²) in [5.41, 5.74) is 1.20. The van der Waals surface area contributed by atoms with Crippen molar-refractivity contribution in [3.63, 3.8) is 0 Å². The van der Waals surface area contributed by atoms with Crippen LogP contribution >= 0.6 is 11.6 Å². The third-order valence-electron chi connectivity index (χ3n) is 2.82. The van der Waals surface area contributed by atoms with Gasteiger partial charge in [0.15, 0.2) is 0 Å². The summed E-state index contributed by atoms with van der Waals surface area (Å²) in [6, 6.07) is 8.19. The first-order valence-electron chi connectivity index (χ1n) is 5.79. The molecule has 0 aromatic heterocycles. The van der Waals surface area contributed by atoms with Crippen molar-refractivity contribution in [1.29, 1.82) is 0 Å². The Kier molecular flexibility index (Phi) is 6.52. The molecule has 0 amide bonds. The molecule has 1 aromatic rings. The van der Waals surface area contributed by atoms with Crippen molar-refractivity contribution in [2.45, 2.75) is 13.0 Å². The van der Waals surface area contributed by atoms with Crippen molar-refractivity contribution in [3.8, 4) is 0 Å². The van der Waals surface area contributed by atoms with Crippen LogP contribution in [0.15, 0.2) is 24.3 Å². The van der Waals surface area contributed by atoms with E-state index in [1.54, 1.807) is 0 Å². The van der Waals surface area contributed by atoms with Crippen LogP contribution < -0.4 is 0 Å². The summed E-state index contributed by atoms with van der Waals surface area (Å²) in [6.45, 7) is 4.07. The van der Waals surface area contributed by atoms with Crippen LogP contribution in [0.25, 0.3) is 0 Å². The van der Waals surface area contributed by atoms with Crippen molar-refractivity contribution in [3.05, 3.63) is 34.9 Å². The minimum atomic E-state index is 0.0769. The van der Waals surface area contributed by atoms with Crippen LogP contribution in [0, 0.1) is 0 Å². The topological polar surface area (TPSA) is 32.7 Å². The van der Waals surface area contributed by atoms with Crippen molar-refractivity contribution in [2.24, 2.45) is 0 Å². The number of likely N-dealkylation sites (N-methyl/N-ethyl adjacent to an activating group) is 1. The van der Waals surface area contributed by atoms with Gasteiger partial charge in [-0.25, -0.2) is 0 Å². The van der Waals surface area contributed by atoms with Crippen molar-refractivity contribution in [2.75, 3.05) is 33.4 Å². The van der Waals surface area contributed by atoms with E-state index in [2.05, 4.69) is 17.9 Å². The van der Waals surface area contributed by atoms with Crippen LogP contribution in [0.4, 0.5) is 0 Å². The summed E-state index contributed by atoms with van der Waals surface area (Å²) in [5.74, 6) is 0. The Balaban J connectivity index is 2.43. The monoisotopic (exact) mass is 257 g/mol. The summed E-state index contributed by atoms with van der Waals surface area (Å²) < 4.78 is 5.25. The third kappa shape index (κ3) is 5.04. The van der Waals surface area contributed by atoms with Crippen molar-refractivity contribution >= 4 is 11.6 Å². The van der Waals surface area contributed by atoms with Crippen LogP contribution in [0.3, 0.4) is 0 Å². The number of ether oxygens (including phenoxy) is 1. The average Bonchev–Trinajstić information content (AvgIpc) is 2.33. The number of nitrogens with zero attached hydrogens (tertiary/aromatic N) is 1. The maximum absolute atomic E-state index is 8.60. The molecule has 0 aliphatic heterocycles. The first kappa shape index (κ1) is 14.5. The molecule has 0 fully saturated rings. The van der Waals surface area contributed by atoms with Gasteiger partial charge in [0.1, 0.15) is 0 Å². The van der Waals surface area contributed by atoms with Gasteiger partial charge in [-0.1, -0.05) is 23.7 Å². The summed E-state index contributed by atoms with van der Waals surface area (Å²) in [6.07, 6.45) is 0. The molecule has 1 atom stereocenters. The third-order valence-corrected chi connectivity index (χ3v) is 3.05. The molecule has 0 radical (unpaired) electrons. The highest BCUT2D eigenvalue weighted by Crippen LogP contribution is 2.21. The number of benzene rings is 1. The van der Waals surface area contributed by atoms with Crippen molar-refractivity contribution in [1.82, 2.24) is 4.90 Å². The standard InChI is InChI=1S/C13H20ClNO2/c1-11(12-4-3-5-13(14)10-12)15(2)6-8-17-9-7-16/h3-5,10-11,16H,6-9H2,1-2H3. The number of rotatable bonds is 7. The highest BCUT2D eigenvalue weighted by atomic mass is 35.5. The fraction of sp³-hybridized carbons (Fsp3) is 0.538. The number of hydrogen-bond acceptors (Lipinski definition) is 3. The van der Waals surface area contributed by atoms with Gasteiger partial charge < -0.3 is 9.84 Å². The Morgan fingerprint density at radius 2 is 2.18 bits per heavy atom. The molecule has 4 heteroatoms. The molecule has 0 saturated carbocycles. The Hall–Kier alpha value is -0.610. The summed E-state index contributed by atoms with van der Waals surface area (Å²) >= 11 is 5.97. The highest BCUT2D eigenvalue weighted by molar-refractivity contribution is 6.30. The fourth-order valence-electron chi connectivity index (χ4n) is 1.59. The Bertz CT molecular complexity index is 333. The Morgan fingerprint density at radius 1 is 1.41 bits per heavy atom. The highest BCUT2D eigenvalue weighted by Gasteiger charge is 2.11. The van der Waals surface area contributed by atoms with E-state index in [1.165, 1.54) is 5.56 Å². The predicted molar refractivity (Wildman–Crippen MR) is 70.4 cm³/mol. The Labute approximate surface area is 108 Å². The van der Waals surface area contributed by atoms with Gasteiger partial charge in [-0.2, -0.15) is 0 Å². The zero-order valence-electron chi connectivity index (χ0n) is 10.4. The van der Waals surface area contributed by atoms with Crippen LogP contribution in [0.1, 0.15) is 18.5 Å². The van der Waals surface area contributed by atoms with E-state index in [-0.39, 0.29) is 6.61 Å². The van der Waals surface area contributed by atoms with Gasteiger partial charge >= 0.3 is 0 Å². The molecule has 0 heterocycles. The second-order valence-electron chi connectivity index (χ2n) is 4.05. The maximum Gasteiger partial charge on any atom is 0.0698 e. The largest absolute Gasteiger partial charge is 0.394 e. The molecule has 0 spiro atoms. The predicted octanol–water partition coefficient (Wildman–Crippen LogP) is 2.34. The van der Waals surface area contributed by atoms with Gasteiger partial charge in [0.25, 0.3) is 0 Å². The van der Waals surface area contributed by atoms with Crippen LogP contribution in [-0.2, 0) is 4.74 Å². The quantitative estimate of drug-likeness (QED) is 0.761. The number of hydrogen-bond donors (Lipinski definition) is 1. The van der Waals surface area contributed by atoms with E-state index < -0.39 is 0 Å². The summed E-state index contributed by atoms with van der Waals surface area (Å²) in [5, 5.41) is 9.36. The minimum Gasteiger partial charge on any atom is -0.394 e. The second kappa shape index (κ2) is 7.67. The lowest BCUT2D eigenvalue weighted by Gasteiger charge is -2.25. The van der Waals surface area contributed by atoms with E-state index in [1.807, 2.05) is 25.2 Å². The Morgan fingerprint density at radius 3 is 2.82 bits per heavy atom. The SMILES string of the molecule is CC(c1cccc(Cl)c1)N(C)CCOCCO. The molecule has 0 aliphatic rings. The van der Waals surface area contributed by atoms with Gasteiger partial charge in [-0.15, -0.1) is 0 Å². The summed E-state index contributed by atoms with van der Waals surface area (Å²) in [7, 11) is 2.05. The fourth-order valence-corrected chi connectivity index (χ4v) is 1.79. The minimum absolute atomic E-state index is 0.0769. The first-order chi connectivity index (χ1) is 8.15. The molecule has 1 rings (SSSR count). The van der Waals surface area contributed by atoms with E-state index >= 15 is 0 Å². The lowest BCUT2D eigenvalue weighted by Crippen LogP contribution is -2.26. The normalized spacial score (nSPS) is 13.0. The smallest absolute Gasteiger partial charge is 0.0698 e. The molecule has 17 heavy (non-hydrogen) atoms. The molecule has 0 aliphatic carbocycles. The lowest BCUT2D eigenvalue weighted by molar-refractivity contribution is 0.0719. The zero-order valence-corrected chi connectivity index (χ0v) is 11.2.